The largest absolute Gasteiger partial charge is 0.748 e. The zero-order valence-corrected chi connectivity index (χ0v) is 32.8. The lowest BCUT2D eigenvalue weighted by Gasteiger charge is -2.27. The lowest BCUT2D eigenvalue weighted by atomic mass is 9.77. The predicted molar refractivity (Wildman–Crippen MR) is 197 cm³/mol. The van der Waals surface area contributed by atoms with Crippen LogP contribution in [0.25, 0.3) is 0 Å². The molecule has 53 heavy (non-hydrogen) atoms. The van der Waals surface area contributed by atoms with Crippen molar-refractivity contribution in [3.05, 3.63) is 77.0 Å². The zero-order chi connectivity index (χ0) is 39.9. The van der Waals surface area contributed by atoms with Crippen LogP contribution >= 0.6 is 0 Å². The average molecular weight is 795 g/mol. The fourth-order valence-electron chi connectivity index (χ4n) is 7.06. The summed E-state index contributed by atoms with van der Waals surface area (Å²) in [6, 6.07) is 10.1. The number of Topliss-reactive ketones (excluding diaryl/α,β-unsaturated/α-hetero) is 1. The Bertz CT molecular complexity index is 2160. The number of carbonyl (C=O) groups is 2. The van der Waals surface area contributed by atoms with Crippen LogP contribution in [-0.2, 0) is 46.5 Å². The number of allylic oxidation sites excluding steroid dienone is 4. The van der Waals surface area contributed by atoms with E-state index in [1.165, 1.54) is 12.1 Å². The fraction of sp³-hybridized carbons (Fsp3) is 0.472. The number of hydrogen-bond acceptors (Lipinski definition) is 11. The number of carboxylic acids is 1. The highest BCUT2D eigenvalue weighted by atomic mass is 32.2. The Morgan fingerprint density at radius 2 is 1.60 bits per heavy atom. The Balaban J connectivity index is 0.00000180. The summed E-state index contributed by atoms with van der Waals surface area (Å²) < 4.78 is 95.6. The molecule has 0 radical (unpaired) electrons. The molecule has 0 atom stereocenters. The Morgan fingerprint density at radius 3 is 2.19 bits per heavy atom. The molecule has 0 fully saturated rings. The highest BCUT2D eigenvalue weighted by Gasteiger charge is 2.47. The van der Waals surface area contributed by atoms with Gasteiger partial charge in [0.2, 0.25) is 5.69 Å². The van der Waals surface area contributed by atoms with Gasteiger partial charge in [-0.2, -0.15) is 13.0 Å². The molecule has 0 aliphatic carbocycles. The molecule has 290 valence electrons. The first kappa shape index (κ1) is 43.4. The Hall–Kier alpha value is -4.03. The highest BCUT2D eigenvalue weighted by molar-refractivity contribution is 7.86. The molecule has 2 aromatic carbocycles. The summed E-state index contributed by atoms with van der Waals surface area (Å²) in [6.45, 7) is 10.7. The number of aliphatic carboxylic acids is 1. The lowest BCUT2D eigenvalue weighted by Crippen LogP contribution is -2.29. The van der Waals surface area contributed by atoms with Crippen molar-refractivity contribution >= 4 is 59.7 Å². The van der Waals surface area contributed by atoms with Crippen molar-refractivity contribution in [1.82, 2.24) is 0 Å². The van der Waals surface area contributed by atoms with E-state index in [-0.39, 0.29) is 30.1 Å². The Kier molecular flexibility index (Phi) is 14.2. The van der Waals surface area contributed by atoms with Gasteiger partial charge in [-0.15, -0.1) is 12.6 Å². The molecule has 4 rings (SSSR count). The number of fused-ring (bicyclic) bond motifs is 2. The molecule has 2 aromatic rings. The van der Waals surface area contributed by atoms with Gasteiger partial charge in [-0.1, -0.05) is 45.4 Å². The molecule has 0 spiro atoms. The van der Waals surface area contributed by atoms with E-state index < -0.39 is 53.4 Å². The maximum Gasteiger partial charge on any atom is 0.425 e. The van der Waals surface area contributed by atoms with E-state index >= 15 is 0 Å². The molecule has 2 heterocycles. The van der Waals surface area contributed by atoms with Gasteiger partial charge in [-0.3, -0.25) is 14.1 Å². The third kappa shape index (κ3) is 10.8. The van der Waals surface area contributed by atoms with Crippen LogP contribution in [0.2, 0.25) is 0 Å². The van der Waals surface area contributed by atoms with E-state index in [0.717, 1.165) is 28.3 Å². The Labute approximate surface area is 312 Å². The van der Waals surface area contributed by atoms with E-state index in [1.807, 2.05) is 75.6 Å². The minimum atomic E-state index is -4.44. The van der Waals surface area contributed by atoms with E-state index in [2.05, 4.69) is 4.90 Å². The van der Waals surface area contributed by atoms with Crippen LogP contribution in [0.4, 0.5) is 11.4 Å². The van der Waals surface area contributed by atoms with Crippen molar-refractivity contribution in [2.75, 3.05) is 23.7 Å². The van der Waals surface area contributed by atoms with Gasteiger partial charge in [-0.25, -0.2) is 8.42 Å². The van der Waals surface area contributed by atoms with Crippen molar-refractivity contribution in [2.24, 2.45) is 0 Å². The molecule has 0 aromatic heterocycles. The molecule has 0 saturated heterocycles. The Morgan fingerprint density at radius 1 is 0.943 bits per heavy atom. The first-order chi connectivity index (χ1) is 24.5. The molecule has 0 amide bonds. The second-order valence-electron chi connectivity index (χ2n) is 13.9. The van der Waals surface area contributed by atoms with E-state index in [0.29, 0.717) is 49.8 Å². The lowest BCUT2D eigenvalue weighted by molar-refractivity contribution is -0.437. The number of ketones is 1. The molecule has 14 nitrogen and oxygen atoms in total. The SMILES string of the molecule is CCCC(=O)c1cccc2c1C(C)(C)C(/C=C/C=C1/N(CCCCCC(=O)O)c3ccc(S(=O)(=O)O)cc3C1(C)C)=[N+]2CCCS(=O)(=O)[O-].O=S(=O)=O. The summed E-state index contributed by atoms with van der Waals surface area (Å²) in [6.07, 6.45) is 8.92. The van der Waals surface area contributed by atoms with Gasteiger partial charge in [0.1, 0.15) is 6.54 Å². The summed E-state index contributed by atoms with van der Waals surface area (Å²) in [5.41, 5.74) is 4.11. The molecule has 2 aliphatic heterocycles. The monoisotopic (exact) mass is 794 g/mol. The molecule has 0 saturated carbocycles. The minimum absolute atomic E-state index is 0.0237. The maximum atomic E-state index is 13.2. The minimum Gasteiger partial charge on any atom is -0.748 e. The first-order valence-electron chi connectivity index (χ1n) is 17.1. The van der Waals surface area contributed by atoms with Crippen LogP contribution in [0.15, 0.2) is 65.2 Å². The topological polar surface area (TPSA) is 223 Å². The van der Waals surface area contributed by atoms with Gasteiger partial charge >= 0.3 is 16.6 Å². The quantitative estimate of drug-likeness (QED) is 0.0977. The fourth-order valence-corrected chi connectivity index (χ4v) is 8.05. The van der Waals surface area contributed by atoms with E-state index in [1.54, 1.807) is 6.07 Å². The summed E-state index contributed by atoms with van der Waals surface area (Å²) >= 11 is 0. The maximum absolute atomic E-state index is 13.2. The predicted octanol–water partition coefficient (Wildman–Crippen LogP) is 5.11. The van der Waals surface area contributed by atoms with Gasteiger partial charge in [0.15, 0.2) is 11.5 Å². The smallest absolute Gasteiger partial charge is 0.425 e. The van der Waals surface area contributed by atoms with Crippen molar-refractivity contribution in [3.8, 4) is 0 Å². The second kappa shape index (κ2) is 17.4. The van der Waals surface area contributed by atoms with Crippen LogP contribution in [0.1, 0.15) is 101 Å². The van der Waals surface area contributed by atoms with Gasteiger partial charge in [0.05, 0.1) is 26.0 Å². The van der Waals surface area contributed by atoms with Crippen molar-refractivity contribution in [3.63, 3.8) is 0 Å². The van der Waals surface area contributed by atoms with Crippen molar-refractivity contribution < 1.29 is 57.8 Å². The standard InChI is InChI=1S/C36H46N2O9S2.O3S/c1-6-13-30(39)26-14-10-15-29-34(26)36(4,5)32(38(29)22-12-23-48(42,43)44)17-11-16-31-35(2,3)27-24-25(49(45,46)47)19-20-28(27)37(31)21-9-7-8-18-33(40)41;1-4(2)3/h10-11,14-17,19-20,24H,6-9,12-13,18,21-23H2,1-5H3,(H2-,40,41,42,43,44,45,46,47);. The van der Waals surface area contributed by atoms with Gasteiger partial charge < -0.3 is 14.6 Å². The van der Waals surface area contributed by atoms with Gasteiger partial charge in [-0.05, 0) is 62.9 Å². The molecule has 2 N–H and O–H groups in total. The van der Waals surface area contributed by atoms with Crippen LogP contribution in [-0.4, -0.2) is 84.6 Å². The van der Waals surface area contributed by atoms with Crippen LogP contribution in [0.3, 0.4) is 0 Å². The summed E-state index contributed by atoms with van der Waals surface area (Å²) in [4.78, 5) is 26.1. The number of benzene rings is 2. The molecule has 17 heteroatoms. The number of unbranched alkanes of at least 4 members (excludes halogenated alkanes) is 2. The molecular weight excluding hydrogens is 749 g/mol. The number of nitrogens with zero attached hydrogens (tertiary/aromatic N) is 2. The molecule has 0 unspecified atom stereocenters. The van der Waals surface area contributed by atoms with E-state index in [9.17, 15) is 35.5 Å². The van der Waals surface area contributed by atoms with Crippen LogP contribution < -0.4 is 4.90 Å². The summed E-state index contributed by atoms with van der Waals surface area (Å²) in [7, 11) is -12.0. The third-order valence-corrected chi connectivity index (χ3v) is 11.0. The van der Waals surface area contributed by atoms with E-state index in [4.69, 9.17) is 17.7 Å². The van der Waals surface area contributed by atoms with Crippen LogP contribution in [0.5, 0.6) is 0 Å². The highest BCUT2D eigenvalue weighted by Crippen LogP contribution is 2.49. The summed E-state index contributed by atoms with van der Waals surface area (Å²) in [5.74, 6) is -1.35. The second-order valence-corrected chi connectivity index (χ2v) is 17.3. The number of rotatable bonds is 16. The molecular formula is C36H46N2O12S3. The number of carboxylic acid groups (broad SMARTS) is 1. The number of carbonyl (C=O) groups excluding carboxylic acids is 1. The normalized spacial score (nSPS) is 16.7. The van der Waals surface area contributed by atoms with Gasteiger partial charge in [0, 0.05) is 66.1 Å². The number of anilines is 1. The average Bonchev–Trinajstić information content (AvgIpc) is 3.38. The van der Waals surface area contributed by atoms with Gasteiger partial charge in [0.25, 0.3) is 10.1 Å². The van der Waals surface area contributed by atoms with Crippen LogP contribution in [0, 0.1) is 0 Å². The third-order valence-electron chi connectivity index (χ3n) is 9.38. The molecule has 2 aliphatic rings. The molecule has 0 bridgehead atoms. The zero-order valence-electron chi connectivity index (χ0n) is 30.4. The summed E-state index contributed by atoms with van der Waals surface area (Å²) in [5, 5.41) is 9.05. The van der Waals surface area contributed by atoms with Crippen molar-refractivity contribution in [2.45, 2.75) is 95.3 Å². The van der Waals surface area contributed by atoms with Crippen molar-refractivity contribution in [1.29, 1.82) is 0 Å². The number of hydrogen-bond donors (Lipinski definition) is 2. The first-order valence-corrected chi connectivity index (χ1v) is 21.1.